The van der Waals surface area contributed by atoms with Gasteiger partial charge >= 0.3 is 0 Å². The van der Waals surface area contributed by atoms with E-state index in [9.17, 15) is 4.79 Å². The third kappa shape index (κ3) is 3.95. The Labute approximate surface area is 112 Å². The van der Waals surface area contributed by atoms with Crippen LogP contribution >= 0.6 is 15.9 Å². The van der Waals surface area contributed by atoms with Crippen molar-refractivity contribution in [3.63, 3.8) is 0 Å². The van der Waals surface area contributed by atoms with Gasteiger partial charge in [-0.3, -0.25) is 4.79 Å². The van der Waals surface area contributed by atoms with E-state index in [-0.39, 0.29) is 5.91 Å². The molecule has 1 N–H and O–H groups in total. The first kappa shape index (κ1) is 13.3. The highest BCUT2D eigenvalue weighted by Crippen LogP contribution is 2.32. The summed E-state index contributed by atoms with van der Waals surface area (Å²) in [4.78, 5) is 11.4. The lowest BCUT2D eigenvalue weighted by Crippen LogP contribution is -2.49. The lowest BCUT2D eigenvalue weighted by atomic mass is 9.78. The highest BCUT2D eigenvalue weighted by molar-refractivity contribution is 9.09. The first-order valence-corrected chi connectivity index (χ1v) is 7.88. The van der Waals surface area contributed by atoms with Crippen LogP contribution in [-0.4, -0.2) is 30.0 Å². The molecule has 0 spiro atoms. The number of nitrogens with one attached hydrogen (secondary N) is 1. The molecule has 98 valence electrons. The number of carbonyl (C=O) groups is 1. The van der Waals surface area contributed by atoms with Crippen molar-refractivity contribution in [2.75, 3.05) is 11.9 Å². The Morgan fingerprint density at radius 2 is 2.18 bits per heavy atom. The molecule has 17 heavy (non-hydrogen) atoms. The van der Waals surface area contributed by atoms with Crippen molar-refractivity contribution >= 4 is 21.8 Å². The van der Waals surface area contributed by atoms with Crippen LogP contribution in [0.2, 0.25) is 0 Å². The van der Waals surface area contributed by atoms with Crippen LogP contribution in [-0.2, 0) is 9.53 Å². The van der Waals surface area contributed by atoms with E-state index in [0.717, 1.165) is 37.6 Å². The summed E-state index contributed by atoms with van der Waals surface area (Å²) in [5, 5.41) is 4.18. The van der Waals surface area contributed by atoms with Gasteiger partial charge in [-0.25, -0.2) is 0 Å². The SMILES string of the molecule is O=C1CC[C@@H]2CC[C@@H](OCCCCBr)C[C@@H]2N1. The second-order valence-corrected chi connectivity index (χ2v) is 5.97. The molecule has 4 heteroatoms. The van der Waals surface area contributed by atoms with Gasteiger partial charge in [-0.1, -0.05) is 15.9 Å². The molecule has 0 aromatic carbocycles. The standard InChI is InChI=1S/C13H22BrNO2/c14-7-1-2-8-17-11-5-3-10-4-6-13(16)15-12(10)9-11/h10-12H,1-9H2,(H,15,16)/t10-,11+,12-/m0/s1. The van der Waals surface area contributed by atoms with Crippen LogP contribution < -0.4 is 5.32 Å². The van der Waals surface area contributed by atoms with Crippen LogP contribution in [0.4, 0.5) is 0 Å². The van der Waals surface area contributed by atoms with Crippen LogP contribution in [0.15, 0.2) is 0 Å². The quantitative estimate of drug-likeness (QED) is 0.626. The van der Waals surface area contributed by atoms with E-state index in [1.165, 1.54) is 19.3 Å². The van der Waals surface area contributed by atoms with Crippen molar-refractivity contribution in [1.29, 1.82) is 0 Å². The van der Waals surface area contributed by atoms with Crippen molar-refractivity contribution in [2.24, 2.45) is 5.92 Å². The molecule has 1 amide bonds. The highest BCUT2D eigenvalue weighted by atomic mass is 79.9. The maximum absolute atomic E-state index is 11.4. The minimum absolute atomic E-state index is 0.228. The molecule has 0 aromatic rings. The van der Waals surface area contributed by atoms with Crippen molar-refractivity contribution in [3.8, 4) is 0 Å². The fraction of sp³-hybridized carbons (Fsp3) is 0.923. The van der Waals surface area contributed by atoms with Gasteiger partial charge in [-0.05, 0) is 44.4 Å². The second-order valence-electron chi connectivity index (χ2n) is 5.17. The normalized spacial score (nSPS) is 33.0. The summed E-state index contributed by atoms with van der Waals surface area (Å²) in [6, 6.07) is 0.381. The molecule has 0 radical (unpaired) electrons. The maximum Gasteiger partial charge on any atom is 0.220 e. The zero-order valence-electron chi connectivity index (χ0n) is 10.3. The Bertz CT molecular complexity index is 260. The molecule has 0 unspecified atom stereocenters. The molecule has 2 fully saturated rings. The summed E-state index contributed by atoms with van der Waals surface area (Å²) >= 11 is 3.42. The van der Waals surface area contributed by atoms with E-state index in [0.29, 0.717) is 18.1 Å². The van der Waals surface area contributed by atoms with Crippen LogP contribution in [0.3, 0.4) is 0 Å². The van der Waals surface area contributed by atoms with Gasteiger partial charge < -0.3 is 10.1 Å². The highest BCUT2D eigenvalue weighted by Gasteiger charge is 2.34. The molecule has 1 heterocycles. The number of rotatable bonds is 5. The summed E-state index contributed by atoms with van der Waals surface area (Å²) in [5.41, 5.74) is 0. The Hall–Kier alpha value is -0.0900. The van der Waals surface area contributed by atoms with E-state index >= 15 is 0 Å². The van der Waals surface area contributed by atoms with Crippen molar-refractivity contribution in [1.82, 2.24) is 5.32 Å². The van der Waals surface area contributed by atoms with E-state index in [4.69, 9.17) is 4.74 Å². The molecule has 2 rings (SSSR count). The predicted octanol–water partition coefficient (Wildman–Crippen LogP) is 2.63. The number of unbranched alkanes of at least 4 members (excludes halogenated alkanes) is 1. The van der Waals surface area contributed by atoms with Crippen molar-refractivity contribution in [2.45, 2.75) is 57.1 Å². The Balaban J connectivity index is 1.70. The van der Waals surface area contributed by atoms with Gasteiger partial charge in [0, 0.05) is 24.4 Å². The molecular weight excluding hydrogens is 282 g/mol. The molecule has 3 atom stereocenters. The van der Waals surface area contributed by atoms with Crippen LogP contribution in [0, 0.1) is 5.92 Å². The fourth-order valence-electron chi connectivity index (χ4n) is 2.91. The number of hydrogen-bond acceptors (Lipinski definition) is 2. The Morgan fingerprint density at radius 3 is 3.00 bits per heavy atom. The van der Waals surface area contributed by atoms with Gasteiger partial charge in [0.2, 0.25) is 5.91 Å². The Morgan fingerprint density at radius 1 is 1.29 bits per heavy atom. The summed E-state index contributed by atoms with van der Waals surface area (Å²) in [5.74, 6) is 0.932. The zero-order chi connectivity index (χ0) is 12.1. The maximum atomic E-state index is 11.4. The largest absolute Gasteiger partial charge is 0.378 e. The third-order valence-corrected chi connectivity index (χ3v) is 4.48. The number of fused-ring (bicyclic) bond motifs is 1. The van der Waals surface area contributed by atoms with Crippen molar-refractivity contribution in [3.05, 3.63) is 0 Å². The number of halogens is 1. The van der Waals surface area contributed by atoms with Crippen LogP contribution in [0.25, 0.3) is 0 Å². The summed E-state index contributed by atoms with van der Waals surface area (Å²) in [6.45, 7) is 0.863. The molecule has 2 aliphatic rings. The minimum Gasteiger partial charge on any atom is -0.378 e. The molecule has 0 aromatic heterocycles. The average molecular weight is 304 g/mol. The van der Waals surface area contributed by atoms with E-state index in [1.54, 1.807) is 0 Å². The minimum atomic E-state index is 0.228. The number of ether oxygens (including phenoxy) is 1. The van der Waals surface area contributed by atoms with E-state index in [2.05, 4.69) is 21.2 Å². The van der Waals surface area contributed by atoms with Gasteiger partial charge in [0.05, 0.1) is 6.10 Å². The smallest absolute Gasteiger partial charge is 0.220 e. The van der Waals surface area contributed by atoms with E-state index < -0.39 is 0 Å². The fourth-order valence-corrected chi connectivity index (χ4v) is 3.31. The van der Waals surface area contributed by atoms with Gasteiger partial charge in [-0.2, -0.15) is 0 Å². The first-order valence-electron chi connectivity index (χ1n) is 6.76. The molecule has 3 nitrogen and oxygen atoms in total. The summed E-state index contributed by atoms with van der Waals surface area (Å²) in [7, 11) is 0. The number of amides is 1. The lowest BCUT2D eigenvalue weighted by molar-refractivity contribution is -0.125. The second kappa shape index (κ2) is 6.74. The molecule has 1 saturated carbocycles. The van der Waals surface area contributed by atoms with Gasteiger partial charge in [0.1, 0.15) is 0 Å². The molecule has 1 saturated heterocycles. The zero-order valence-corrected chi connectivity index (χ0v) is 11.9. The predicted molar refractivity (Wildman–Crippen MR) is 71.3 cm³/mol. The molecule has 1 aliphatic carbocycles. The number of hydrogen-bond donors (Lipinski definition) is 1. The summed E-state index contributed by atoms with van der Waals surface area (Å²) in [6.07, 6.45) is 7.87. The lowest BCUT2D eigenvalue weighted by Gasteiger charge is -2.39. The molecule has 0 bridgehead atoms. The first-order chi connectivity index (χ1) is 8.29. The number of alkyl halides is 1. The summed E-state index contributed by atoms with van der Waals surface area (Å²) < 4.78 is 5.90. The van der Waals surface area contributed by atoms with Gasteiger partial charge in [0.15, 0.2) is 0 Å². The van der Waals surface area contributed by atoms with Crippen molar-refractivity contribution < 1.29 is 9.53 Å². The topological polar surface area (TPSA) is 38.3 Å². The third-order valence-electron chi connectivity index (χ3n) is 3.92. The Kier molecular flexibility index (Phi) is 5.29. The van der Waals surface area contributed by atoms with Gasteiger partial charge in [0.25, 0.3) is 0 Å². The van der Waals surface area contributed by atoms with E-state index in [1.807, 2.05) is 0 Å². The number of carbonyl (C=O) groups excluding carboxylic acids is 1. The monoisotopic (exact) mass is 303 g/mol. The molecular formula is C13H22BrNO2. The van der Waals surface area contributed by atoms with Crippen LogP contribution in [0.1, 0.15) is 44.9 Å². The molecule has 1 aliphatic heterocycles. The van der Waals surface area contributed by atoms with Gasteiger partial charge in [-0.15, -0.1) is 0 Å². The average Bonchev–Trinajstić information content (AvgIpc) is 2.34. The number of piperidine rings is 1. The van der Waals surface area contributed by atoms with Crippen LogP contribution in [0.5, 0.6) is 0 Å².